The van der Waals surface area contributed by atoms with Crippen molar-refractivity contribution in [3.63, 3.8) is 0 Å². The van der Waals surface area contributed by atoms with Gasteiger partial charge in [-0.25, -0.2) is 9.18 Å². The second kappa shape index (κ2) is 10.4. The average Bonchev–Trinajstić information content (AvgIpc) is 2.77. The monoisotopic (exact) mass is 491 g/mol. The van der Waals surface area contributed by atoms with Crippen LogP contribution in [0.4, 0.5) is 14.9 Å². The van der Waals surface area contributed by atoms with E-state index in [1.807, 2.05) is 6.07 Å². The van der Waals surface area contributed by atoms with E-state index in [4.69, 9.17) is 5.73 Å². The summed E-state index contributed by atoms with van der Waals surface area (Å²) in [6.07, 6.45) is -0.676. The Bertz CT molecular complexity index is 956. The number of nitrogens with zero attached hydrogens (tertiary/aromatic N) is 2. The Morgan fingerprint density at radius 3 is 2.48 bits per heavy atom. The average molecular weight is 492 g/mol. The first-order valence-electron chi connectivity index (χ1n) is 9.78. The van der Waals surface area contributed by atoms with Gasteiger partial charge in [-0.2, -0.15) is 0 Å². The predicted molar refractivity (Wildman–Crippen MR) is 118 cm³/mol. The maximum Gasteiger partial charge on any atom is 0.323 e. The number of hydrogen-bond donors (Lipinski definition) is 3. The van der Waals surface area contributed by atoms with Crippen molar-refractivity contribution < 1.29 is 18.8 Å². The molecule has 1 unspecified atom stereocenters. The number of hydrogen-bond acceptors (Lipinski definition) is 4. The first-order chi connectivity index (χ1) is 14.9. The highest BCUT2D eigenvalue weighted by atomic mass is 79.9. The van der Waals surface area contributed by atoms with Crippen molar-refractivity contribution in [1.82, 2.24) is 15.1 Å². The van der Waals surface area contributed by atoms with Crippen LogP contribution in [0, 0.1) is 5.82 Å². The minimum atomic E-state index is -1.16. The van der Waals surface area contributed by atoms with E-state index in [9.17, 15) is 18.8 Å². The molecule has 4 amide bonds. The summed E-state index contributed by atoms with van der Waals surface area (Å²) in [6, 6.07) is 11.6. The van der Waals surface area contributed by atoms with Gasteiger partial charge in [0.2, 0.25) is 0 Å². The third kappa shape index (κ3) is 5.59. The molecule has 164 valence electrons. The van der Waals surface area contributed by atoms with Crippen molar-refractivity contribution in [1.29, 1.82) is 0 Å². The van der Waals surface area contributed by atoms with Crippen LogP contribution in [0.2, 0.25) is 0 Å². The van der Waals surface area contributed by atoms with Crippen LogP contribution in [0.5, 0.6) is 0 Å². The van der Waals surface area contributed by atoms with Crippen LogP contribution in [0.15, 0.2) is 53.0 Å². The van der Waals surface area contributed by atoms with Crippen molar-refractivity contribution in [3.8, 4) is 0 Å². The molecule has 1 aliphatic rings. The topological polar surface area (TPSA) is 108 Å². The van der Waals surface area contributed by atoms with E-state index in [-0.39, 0.29) is 31.7 Å². The number of nitrogens with one attached hydrogen (secondary N) is 2. The molecule has 2 aromatic rings. The third-order valence-corrected chi connectivity index (χ3v) is 5.25. The Labute approximate surface area is 187 Å². The molecule has 0 radical (unpaired) electrons. The van der Waals surface area contributed by atoms with Crippen molar-refractivity contribution >= 4 is 39.5 Å². The van der Waals surface area contributed by atoms with Crippen molar-refractivity contribution in [2.45, 2.75) is 12.6 Å². The van der Waals surface area contributed by atoms with Crippen LogP contribution in [-0.4, -0.2) is 60.0 Å². The second-order valence-corrected chi connectivity index (χ2v) is 7.86. The Morgan fingerprint density at radius 1 is 1.10 bits per heavy atom. The molecule has 1 aliphatic heterocycles. The molecule has 10 heteroatoms. The van der Waals surface area contributed by atoms with Crippen LogP contribution in [0.3, 0.4) is 0 Å². The van der Waals surface area contributed by atoms with Crippen LogP contribution in [-0.2, 0) is 4.79 Å². The summed E-state index contributed by atoms with van der Waals surface area (Å²) in [6.45, 7) is 0.981. The SMILES string of the molecule is NCCNC(=O)C1N(C(=O)Nc2cccc(Br)c2)CCCN1C(=O)c1ccc(F)cc1. The third-order valence-electron chi connectivity index (χ3n) is 4.76. The molecule has 8 nitrogen and oxygen atoms in total. The number of halogens is 2. The smallest absolute Gasteiger partial charge is 0.323 e. The second-order valence-electron chi connectivity index (χ2n) is 6.95. The van der Waals surface area contributed by atoms with E-state index in [1.165, 1.54) is 34.1 Å². The quantitative estimate of drug-likeness (QED) is 0.596. The van der Waals surface area contributed by atoms with Gasteiger partial charge in [0, 0.05) is 41.9 Å². The standard InChI is InChI=1S/C21H23BrFN5O3/c22-15-3-1-4-17(13-15)26-21(31)28-12-2-11-27(19(28)18(29)25-10-9-24)20(30)14-5-7-16(23)8-6-14/h1,3-8,13,19H,2,9-12,24H2,(H,25,29)(H,26,31). The first-order valence-corrected chi connectivity index (χ1v) is 10.6. The fraction of sp³-hybridized carbons (Fsp3) is 0.286. The summed E-state index contributed by atoms with van der Waals surface area (Å²) < 4.78 is 14.1. The molecule has 31 heavy (non-hydrogen) atoms. The zero-order valence-corrected chi connectivity index (χ0v) is 18.3. The fourth-order valence-corrected chi connectivity index (χ4v) is 3.74. The summed E-state index contributed by atoms with van der Waals surface area (Å²) in [5, 5.41) is 5.42. The number of anilines is 1. The summed E-state index contributed by atoms with van der Waals surface area (Å²) in [5.74, 6) is -1.44. The van der Waals surface area contributed by atoms with Crippen LogP contribution >= 0.6 is 15.9 Å². The van der Waals surface area contributed by atoms with Gasteiger partial charge in [0.05, 0.1) is 0 Å². The molecule has 1 saturated heterocycles. The predicted octanol–water partition coefficient (Wildman–Crippen LogP) is 2.37. The molecule has 0 bridgehead atoms. The number of amides is 4. The highest BCUT2D eigenvalue weighted by Crippen LogP contribution is 2.21. The first kappa shape index (κ1) is 22.7. The summed E-state index contributed by atoms with van der Waals surface area (Å²) in [4.78, 5) is 41.7. The largest absolute Gasteiger partial charge is 0.351 e. The highest BCUT2D eigenvalue weighted by Gasteiger charge is 2.40. The van der Waals surface area contributed by atoms with E-state index in [0.717, 1.165) is 4.47 Å². The van der Waals surface area contributed by atoms with E-state index in [1.54, 1.807) is 18.2 Å². The maximum absolute atomic E-state index is 13.3. The molecule has 1 heterocycles. The van der Waals surface area contributed by atoms with Crippen LogP contribution in [0.1, 0.15) is 16.8 Å². The molecule has 0 spiro atoms. The Hall–Kier alpha value is -2.98. The molecule has 4 N–H and O–H groups in total. The van der Waals surface area contributed by atoms with Crippen LogP contribution in [0.25, 0.3) is 0 Å². The number of rotatable bonds is 5. The molecule has 2 aromatic carbocycles. The van der Waals surface area contributed by atoms with Gasteiger partial charge in [0.1, 0.15) is 5.82 Å². The number of benzene rings is 2. The lowest BCUT2D eigenvalue weighted by molar-refractivity contribution is -0.132. The van der Waals surface area contributed by atoms with Gasteiger partial charge in [-0.3, -0.25) is 14.5 Å². The number of carbonyl (C=O) groups is 3. The molecule has 0 aromatic heterocycles. The summed E-state index contributed by atoms with van der Waals surface area (Å²) >= 11 is 3.35. The lowest BCUT2D eigenvalue weighted by Gasteiger charge is -2.42. The van der Waals surface area contributed by atoms with E-state index in [0.29, 0.717) is 12.1 Å². The number of urea groups is 1. The lowest BCUT2D eigenvalue weighted by Crippen LogP contribution is -2.64. The minimum Gasteiger partial charge on any atom is -0.351 e. The molecule has 1 atom stereocenters. The maximum atomic E-state index is 13.3. The van der Waals surface area contributed by atoms with Gasteiger partial charge >= 0.3 is 6.03 Å². The molecule has 1 fully saturated rings. The van der Waals surface area contributed by atoms with Gasteiger partial charge < -0.3 is 21.3 Å². The van der Waals surface area contributed by atoms with Crippen molar-refractivity contribution in [3.05, 3.63) is 64.4 Å². The Balaban J connectivity index is 1.87. The number of carbonyl (C=O) groups excluding carboxylic acids is 3. The summed E-state index contributed by atoms with van der Waals surface area (Å²) in [7, 11) is 0. The molecule has 3 rings (SSSR count). The van der Waals surface area contributed by atoms with E-state index >= 15 is 0 Å². The molecule has 0 aliphatic carbocycles. The van der Waals surface area contributed by atoms with Gasteiger partial charge in [-0.05, 0) is 48.9 Å². The van der Waals surface area contributed by atoms with Gasteiger partial charge in [0.15, 0.2) is 6.17 Å². The van der Waals surface area contributed by atoms with E-state index < -0.39 is 29.8 Å². The van der Waals surface area contributed by atoms with Gasteiger partial charge in [0.25, 0.3) is 11.8 Å². The van der Waals surface area contributed by atoms with Crippen molar-refractivity contribution in [2.75, 3.05) is 31.5 Å². The van der Waals surface area contributed by atoms with Crippen molar-refractivity contribution in [2.24, 2.45) is 5.73 Å². The van der Waals surface area contributed by atoms with Crippen LogP contribution < -0.4 is 16.4 Å². The van der Waals surface area contributed by atoms with Gasteiger partial charge in [-0.15, -0.1) is 0 Å². The normalized spacial score (nSPS) is 16.0. The minimum absolute atomic E-state index is 0.203. The molecule has 0 saturated carbocycles. The van der Waals surface area contributed by atoms with Gasteiger partial charge in [-0.1, -0.05) is 22.0 Å². The fourth-order valence-electron chi connectivity index (χ4n) is 3.34. The molecular formula is C21H23BrFN5O3. The zero-order chi connectivity index (χ0) is 22.4. The highest BCUT2D eigenvalue weighted by molar-refractivity contribution is 9.10. The zero-order valence-electron chi connectivity index (χ0n) is 16.7. The van der Waals surface area contributed by atoms with E-state index in [2.05, 4.69) is 26.6 Å². The lowest BCUT2D eigenvalue weighted by atomic mass is 10.1. The molecular weight excluding hydrogens is 469 g/mol. The summed E-state index contributed by atoms with van der Waals surface area (Å²) in [5.41, 5.74) is 6.26. The number of nitrogens with two attached hydrogens (primary N) is 1. The Kier molecular flexibility index (Phi) is 7.59. The Morgan fingerprint density at radius 2 is 1.81 bits per heavy atom.